The van der Waals surface area contributed by atoms with E-state index < -0.39 is 6.10 Å². The zero-order valence-corrected chi connectivity index (χ0v) is 13.6. The molecule has 6 heteroatoms. The van der Waals surface area contributed by atoms with Gasteiger partial charge in [-0.05, 0) is 31.5 Å². The van der Waals surface area contributed by atoms with Crippen LogP contribution in [-0.4, -0.2) is 22.7 Å². The molecule has 0 aliphatic heterocycles. The number of nitrogens with one attached hydrogen (secondary N) is 1. The zero-order valence-electron chi connectivity index (χ0n) is 12.0. The van der Waals surface area contributed by atoms with Crippen LogP contribution in [0.5, 0.6) is 0 Å². The van der Waals surface area contributed by atoms with E-state index >= 15 is 0 Å². The van der Waals surface area contributed by atoms with Gasteiger partial charge in [0.1, 0.15) is 6.07 Å². The van der Waals surface area contributed by atoms with Crippen LogP contribution in [0.15, 0.2) is 22.7 Å². The lowest BCUT2D eigenvalue weighted by Crippen LogP contribution is -2.11. The van der Waals surface area contributed by atoms with E-state index in [-0.39, 0.29) is 17.8 Å². The fraction of sp³-hybridized carbons (Fsp3) is 0.375. The van der Waals surface area contributed by atoms with Crippen molar-refractivity contribution in [3.63, 3.8) is 0 Å². The number of aliphatic hydroxyl groups is 1. The average molecular weight is 363 g/mol. The molecule has 5 nitrogen and oxygen atoms in total. The Kier molecular flexibility index (Phi) is 3.94. The highest BCUT2D eigenvalue weighted by atomic mass is 79.9. The number of nitrogens with zero attached hydrogens (tertiary/aromatic N) is 1. The topological polar surface area (TPSA) is 86.1 Å². The summed E-state index contributed by atoms with van der Waals surface area (Å²) in [6.45, 7) is 2.12. The van der Waals surface area contributed by atoms with Gasteiger partial charge in [0.15, 0.2) is 0 Å². The van der Waals surface area contributed by atoms with Crippen molar-refractivity contribution < 1.29 is 14.6 Å². The highest BCUT2D eigenvalue weighted by Gasteiger charge is 2.49. The Bertz CT molecular complexity index is 778. The molecule has 22 heavy (non-hydrogen) atoms. The number of aromatic amines is 1. The quantitative estimate of drug-likeness (QED) is 0.818. The van der Waals surface area contributed by atoms with Gasteiger partial charge in [-0.2, -0.15) is 5.26 Å². The van der Waals surface area contributed by atoms with E-state index in [1.807, 2.05) is 12.1 Å². The van der Waals surface area contributed by atoms with Crippen molar-refractivity contribution in [3.05, 3.63) is 33.9 Å². The molecule has 1 aliphatic carbocycles. The van der Waals surface area contributed by atoms with Gasteiger partial charge in [0, 0.05) is 21.5 Å². The number of ether oxygens (including phenoxy) is 1. The second kappa shape index (κ2) is 5.75. The molecule has 1 fully saturated rings. The Balaban J connectivity index is 1.86. The molecule has 2 N–H and O–H groups in total. The van der Waals surface area contributed by atoms with Gasteiger partial charge in [-0.25, -0.2) is 0 Å². The predicted octanol–water partition coefficient (Wildman–Crippen LogP) is 3.03. The van der Waals surface area contributed by atoms with E-state index in [4.69, 9.17) is 4.74 Å². The second-order valence-corrected chi connectivity index (χ2v) is 6.37. The predicted molar refractivity (Wildman–Crippen MR) is 83.9 cm³/mol. The van der Waals surface area contributed by atoms with Crippen LogP contribution in [0.3, 0.4) is 0 Å². The molecule has 1 heterocycles. The highest BCUT2D eigenvalue weighted by molar-refractivity contribution is 9.10. The SMILES string of the molecule is CCOC(=O)C1CC1C(O)c1cc2cc(Br)cc(C#N)c2[nH]1. The molecular weight excluding hydrogens is 348 g/mol. The average Bonchev–Trinajstić information content (AvgIpc) is 3.18. The molecule has 3 unspecified atom stereocenters. The third-order valence-electron chi connectivity index (χ3n) is 3.99. The van der Waals surface area contributed by atoms with E-state index in [9.17, 15) is 15.2 Å². The third-order valence-corrected chi connectivity index (χ3v) is 4.45. The molecule has 0 saturated heterocycles. The Morgan fingerprint density at radius 2 is 2.36 bits per heavy atom. The fourth-order valence-electron chi connectivity index (χ4n) is 2.79. The van der Waals surface area contributed by atoms with E-state index in [0.29, 0.717) is 29.8 Å². The summed E-state index contributed by atoms with van der Waals surface area (Å²) in [7, 11) is 0. The first-order valence-electron chi connectivity index (χ1n) is 7.12. The maximum atomic E-state index is 11.7. The van der Waals surface area contributed by atoms with Crippen LogP contribution in [0, 0.1) is 23.2 Å². The van der Waals surface area contributed by atoms with Crippen molar-refractivity contribution >= 4 is 32.8 Å². The van der Waals surface area contributed by atoms with Gasteiger partial charge in [0.2, 0.25) is 0 Å². The summed E-state index contributed by atoms with van der Waals surface area (Å²) in [4.78, 5) is 14.8. The van der Waals surface area contributed by atoms with Gasteiger partial charge in [-0.3, -0.25) is 4.79 Å². The number of carbonyl (C=O) groups is 1. The monoisotopic (exact) mass is 362 g/mol. The number of hydrogen-bond acceptors (Lipinski definition) is 4. The Morgan fingerprint density at radius 1 is 1.59 bits per heavy atom. The van der Waals surface area contributed by atoms with Crippen LogP contribution in [0.2, 0.25) is 0 Å². The molecule has 1 aliphatic rings. The summed E-state index contributed by atoms with van der Waals surface area (Å²) in [6, 6.07) is 7.58. The highest BCUT2D eigenvalue weighted by Crippen LogP contribution is 2.48. The molecule has 0 bridgehead atoms. The first kappa shape index (κ1) is 15.1. The van der Waals surface area contributed by atoms with Crippen LogP contribution in [-0.2, 0) is 9.53 Å². The Morgan fingerprint density at radius 3 is 3.05 bits per heavy atom. The normalized spacial score (nSPS) is 21.4. The van der Waals surface area contributed by atoms with Crippen molar-refractivity contribution in [2.24, 2.45) is 11.8 Å². The van der Waals surface area contributed by atoms with Gasteiger partial charge in [-0.1, -0.05) is 15.9 Å². The molecule has 1 saturated carbocycles. The van der Waals surface area contributed by atoms with Crippen LogP contribution < -0.4 is 0 Å². The second-order valence-electron chi connectivity index (χ2n) is 5.46. The lowest BCUT2D eigenvalue weighted by molar-refractivity contribution is -0.145. The molecule has 114 valence electrons. The summed E-state index contributed by atoms with van der Waals surface area (Å²) in [6.07, 6.45) is -0.128. The maximum absolute atomic E-state index is 11.7. The van der Waals surface area contributed by atoms with Crippen molar-refractivity contribution in [2.45, 2.75) is 19.4 Å². The first-order valence-corrected chi connectivity index (χ1v) is 7.91. The third kappa shape index (κ3) is 2.62. The lowest BCUT2D eigenvalue weighted by atomic mass is 10.1. The first-order chi connectivity index (χ1) is 10.5. The van der Waals surface area contributed by atoms with Crippen molar-refractivity contribution in [1.82, 2.24) is 4.98 Å². The fourth-order valence-corrected chi connectivity index (χ4v) is 3.27. The Hall–Kier alpha value is -1.84. The smallest absolute Gasteiger partial charge is 0.309 e. The van der Waals surface area contributed by atoms with Gasteiger partial charge >= 0.3 is 5.97 Å². The van der Waals surface area contributed by atoms with E-state index in [2.05, 4.69) is 27.0 Å². The van der Waals surface area contributed by atoms with Gasteiger partial charge in [-0.15, -0.1) is 0 Å². The Labute approximate surface area is 136 Å². The largest absolute Gasteiger partial charge is 0.466 e. The number of fused-ring (bicyclic) bond motifs is 1. The number of carbonyl (C=O) groups excluding carboxylic acids is 1. The van der Waals surface area contributed by atoms with E-state index in [1.54, 1.807) is 13.0 Å². The minimum absolute atomic E-state index is 0.124. The summed E-state index contributed by atoms with van der Waals surface area (Å²) >= 11 is 3.37. The van der Waals surface area contributed by atoms with Crippen molar-refractivity contribution in [3.8, 4) is 6.07 Å². The van der Waals surface area contributed by atoms with Gasteiger partial charge < -0.3 is 14.8 Å². The molecule has 3 rings (SSSR count). The van der Waals surface area contributed by atoms with E-state index in [0.717, 1.165) is 9.86 Å². The number of hydrogen-bond donors (Lipinski definition) is 2. The maximum Gasteiger partial charge on any atom is 0.309 e. The molecule has 0 amide bonds. The minimum atomic E-state index is -0.757. The summed E-state index contributed by atoms with van der Waals surface area (Å²) < 4.78 is 5.80. The lowest BCUT2D eigenvalue weighted by Gasteiger charge is -2.07. The molecule has 1 aromatic heterocycles. The molecule has 1 aromatic carbocycles. The number of esters is 1. The molecule has 0 spiro atoms. The number of H-pyrrole nitrogens is 1. The number of aromatic nitrogens is 1. The standard InChI is InChI=1S/C16H15BrN2O3/c1-2-22-16(21)12-6-11(12)15(20)13-5-8-3-10(17)4-9(7-18)14(8)19-13/h3-5,11-12,15,19-20H,2,6H2,1H3. The molecule has 3 atom stereocenters. The van der Waals surface area contributed by atoms with Crippen molar-refractivity contribution in [2.75, 3.05) is 6.61 Å². The number of rotatable bonds is 4. The van der Waals surface area contributed by atoms with E-state index in [1.165, 1.54) is 0 Å². The summed E-state index contributed by atoms with van der Waals surface area (Å²) in [5.74, 6) is -0.604. The van der Waals surface area contributed by atoms with Crippen LogP contribution in [0.1, 0.15) is 30.7 Å². The summed E-state index contributed by atoms with van der Waals surface area (Å²) in [5, 5.41) is 20.5. The summed E-state index contributed by atoms with van der Waals surface area (Å²) in [5.41, 5.74) is 1.84. The number of aliphatic hydroxyl groups excluding tert-OH is 1. The van der Waals surface area contributed by atoms with Crippen molar-refractivity contribution in [1.29, 1.82) is 5.26 Å². The van der Waals surface area contributed by atoms with Gasteiger partial charge in [0.25, 0.3) is 0 Å². The number of halogens is 1. The van der Waals surface area contributed by atoms with Crippen LogP contribution >= 0.6 is 15.9 Å². The molecule has 0 radical (unpaired) electrons. The molecular formula is C16H15BrN2O3. The number of nitriles is 1. The van der Waals surface area contributed by atoms with Crippen LogP contribution in [0.25, 0.3) is 10.9 Å². The zero-order chi connectivity index (χ0) is 15.9. The molecule has 2 aromatic rings. The number of benzene rings is 1. The van der Waals surface area contributed by atoms with Gasteiger partial charge in [0.05, 0.1) is 29.7 Å². The minimum Gasteiger partial charge on any atom is -0.466 e. The van der Waals surface area contributed by atoms with Crippen LogP contribution in [0.4, 0.5) is 0 Å².